The van der Waals surface area contributed by atoms with Gasteiger partial charge < -0.3 is 5.73 Å². The molecule has 0 fully saturated rings. The van der Waals surface area contributed by atoms with Crippen LogP contribution in [-0.2, 0) is 0 Å². The first-order valence-corrected chi connectivity index (χ1v) is 6.78. The fourth-order valence-corrected chi connectivity index (χ4v) is 2.81. The Morgan fingerprint density at radius 1 is 1.44 bits per heavy atom. The summed E-state index contributed by atoms with van der Waals surface area (Å²) in [6, 6.07) is 4.08. The number of thiazole rings is 1. The number of pyridine rings is 1. The molecule has 2 aromatic heterocycles. The molecule has 0 saturated carbocycles. The maximum absolute atomic E-state index is 5.90. The minimum absolute atomic E-state index is 0.0407. The highest BCUT2D eigenvalue weighted by Crippen LogP contribution is 2.28. The second-order valence-electron chi connectivity index (χ2n) is 3.33. The Labute approximate surface area is 103 Å². The summed E-state index contributed by atoms with van der Waals surface area (Å²) >= 11 is 3.26. The van der Waals surface area contributed by atoms with Gasteiger partial charge in [-0.05, 0) is 18.6 Å². The van der Waals surface area contributed by atoms with Crippen LogP contribution in [-0.4, -0.2) is 9.97 Å². The van der Waals surface area contributed by atoms with Crippen LogP contribution in [0.2, 0.25) is 0 Å². The first kappa shape index (κ1) is 11.6. The summed E-state index contributed by atoms with van der Waals surface area (Å²) in [4.78, 5) is 9.67. The molecule has 2 rings (SSSR count). The van der Waals surface area contributed by atoms with Gasteiger partial charge in [0.25, 0.3) is 0 Å². The van der Waals surface area contributed by atoms with Gasteiger partial charge in [-0.15, -0.1) is 11.3 Å². The molecule has 0 radical (unpaired) electrons. The van der Waals surface area contributed by atoms with Crippen LogP contribution in [0.3, 0.4) is 0 Å². The Morgan fingerprint density at radius 3 is 2.88 bits per heavy atom. The van der Waals surface area contributed by atoms with Crippen molar-refractivity contribution in [1.29, 1.82) is 0 Å². The van der Waals surface area contributed by atoms with Crippen LogP contribution in [0.25, 0.3) is 0 Å². The summed E-state index contributed by atoms with van der Waals surface area (Å²) < 4.78 is 1.04. The SMILES string of the molecule is CCC(N)c1ccc(Sc2nccs2)cn1. The van der Waals surface area contributed by atoms with Crippen molar-refractivity contribution in [1.82, 2.24) is 9.97 Å². The topological polar surface area (TPSA) is 51.8 Å². The maximum atomic E-state index is 5.90. The van der Waals surface area contributed by atoms with Gasteiger partial charge in [0.15, 0.2) is 4.34 Å². The van der Waals surface area contributed by atoms with E-state index in [4.69, 9.17) is 5.73 Å². The molecule has 0 aliphatic rings. The minimum Gasteiger partial charge on any atom is -0.323 e. The summed E-state index contributed by atoms with van der Waals surface area (Å²) in [5.41, 5.74) is 6.85. The molecule has 2 heterocycles. The van der Waals surface area contributed by atoms with E-state index in [-0.39, 0.29) is 6.04 Å². The lowest BCUT2D eigenvalue weighted by Gasteiger charge is -2.07. The molecule has 0 saturated heterocycles. The van der Waals surface area contributed by atoms with Crippen LogP contribution in [0.4, 0.5) is 0 Å². The number of aromatic nitrogens is 2. The van der Waals surface area contributed by atoms with Crippen LogP contribution < -0.4 is 5.73 Å². The van der Waals surface area contributed by atoms with E-state index in [0.29, 0.717) is 0 Å². The van der Waals surface area contributed by atoms with Crippen molar-refractivity contribution < 1.29 is 0 Å². The summed E-state index contributed by atoms with van der Waals surface area (Å²) in [5, 5.41) is 1.97. The van der Waals surface area contributed by atoms with E-state index < -0.39 is 0 Å². The first-order valence-electron chi connectivity index (χ1n) is 5.08. The van der Waals surface area contributed by atoms with Crippen molar-refractivity contribution >= 4 is 23.1 Å². The normalized spacial score (nSPS) is 12.6. The minimum atomic E-state index is 0.0407. The molecule has 5 heteroatoms. The maximum Gasteiger partial charge on any atom is 0.154 e. The summed E-state index contributed by atoms with van der Waals surface area (Å²) in [5.74, 6) is 0. The molecule has 0 spiro atoms. The van der Waals surface area contributed by atoms with Gasteiger partial charge in [0.2, 0.25) is 0 Å². The Kier molecular flexibility index (Phi) is 3.93. The van der Waals surface area contributed by atoms with Gasteiger partial charge >= 0.3 is 0 Å². The van der Waals surface area contributed by atoms with Gasteiger partial charge in [0.1, 0.15) is 0 Å². The number of nitrogens with zero attached hydrogens (tertiary/aromatic N) is 2. The van der Waals surface area contributed by atoms with Gasteiger partial charge in [0.05, 0.1) is 5.69 Å². The molecule has 16 heavy (non-hydrogen) atoms. The molecule has 3 nitrogen and oxygen atoms in total. The van der Waals surface area contributed by atoms with E-state index >= 15 is 0 Å². The average molecular weight is 251 g/mol. The molecule has 0 aliphatic carbocycles. The average Bonchev–Trinajstić information content (AvgIpc) is 2.82. The van der Waals surface area contributed by atoms with E-state index in [9.17, 15) is 0 Å². The van der Waals surface area contributed by atoms with E-state index in [2.05, 4.69) is 16.9 Å². The second kappa shape index (κ2) is 5.43. The number of nitrogens with two attached hydrogens (primary N) is 1. The Morgan fingerprint density at radius 2 is 2.31 bits per heavy atom. The molecular formula is C11H13N3S2. The van der Waals surface area contributed by atoms with Crippen molar-refractivity contribution in [2.24, 2.45) is 5.73 Å². The largest absolute Gasteiger partial charge is 0.323 e. The van der Waals surface area contributed by atoms with Gasteiger partial charge in [0, 0.05) is 28.7 Å². The molecule has 1 unspecified atom stereocenters. The molecule has 0 aromatic carbocycles. The zero-order valence-electron chi connectivity index (χ0n) is 8.96. The van der Waals surface area contributed by atoms with E-state index in [1.807, 2.05) is 29.9 Å². The van der Waals surface area contributed by atoms with Gasteiger partial charge in [-0.25, -0.2) is 4.98 Å². The fraction of sp³-hybridized carbons (Fsp3) is 0.273. The molecule has 0 amide bonds. The predicted octanol–water partition coefficient (Wildman–Crippen LogP) is 3.10. The first-order chi connectivity index (χ1) is 7.79. The lowest BCUT2D eigenvalue weighted by Crippen LogP contribution is -2.10. The Bertz CT molecular complexity index is 425. The summed E-state index contributed by atoms with van der Waals surface area (Å²) in [6.07, 6.45) is 4.57. The standard InChI is InChI=1S/C11H13N3S2/c1-2-9(12)10-4-3-8(7-14-10)16-11-13-5-6-15-11/h3-7,9H,2,12H2,1H3. The highest BCUT2D eigenvalue weighted by molar-refractivity contribution is 8.01. The number of hydrogen-bond acceptors (Lipinski definition) is 5. The third kappa shape index (κ3) is 2.81. The lowest BCUT2D eigenvalue weighted by atomic mass is 10.1. The molecular weight excluding hydrogens is 238 g/mol. The molecule has 1 atom stereocenters. The number of hydrogen-bond donors (Lipinski definition) is 1. The van der Waals surface area contributed by atoms with Gasteiger partial charge in [-0.1, -0.05) is 18.7 Å². The van der Waals surface area contributed by atoms with Crippen molar-refractivity contribution in [2.75, 3.05) is 0 Å². The quantitative estimate of drug-likeness (QED) is 0.907. The Balaban J connectivity index is 2.07. The van der Waals surface area contributed by atoms with Gasteiger partial charge in [-0.3, -0.25) is 4.98 Å². The third-order valence-corrected chi connectivity index (χ3v) is 4.05. The van der Waals surface area contributed by atoms with E-state index in [1.54, 1.807) is 23.1 Å². The third-order valence-electron chi connectivity index (χ3n) is 2.19. The monoisotopic (exact) mass is 251 g/mol. The molecule has 2 aromatic rings. The summed E-state index contributed by atoms with van der Waals surface area (Å²) in [6.45, 7) is 2.06. The lowest BCUT2D eigenvalue weighted by molar-refractivity contribution is 0.674. The van der Waals surface area contributed by atoms with Crippen LogP contribution in [0, 0.1) is 0 Å². The second-order valence-corrected chi connectivity index (χ2v) is 5.55. The van der Waals surface area contributed by atoms with Crippen molar-refractivity contribution in [3.63, 3.8) is 0 Å². The van der Waals surface area contributed by atoms with Crippen LogP contribution in [0.1, 0.15) is 25.1 Å². The van der Waals surface area contributed by atoms with Crippen LogP contribution in [0.15, 0.2) is 39.1 Å². The van der Waals surface area contributed by atoms with Crippen LogP contribution in [0.5, 0.6) is 0 Å². The summed E-state index contributed by atoms with van der Waals surface area (Å²) in [7, 11) is 0. The van der Waals surface area contributed by atoms with Crippen molar-refractivity contribution in [3.8, 4) is 0 Å². The van der Waals surface area contributed by atoms with Crippen LogP contribution >= 0.6 is 23.1 Å². The molecule has 84 valence electrons. The highest BCUT2D eigenvalue weighted by Gasteiger charge is 2.05. The zero-order chi connectivity index (χ0) is 11.4. The zero-order valence-corrected chi connectivity index (χ0v) is 10.6. The van der Waals surface area contributed by atoms with Crippen molar-refractivity contribution in [3.05, 3.63) is 35.6 Å². The van der Waals surface area contributed by atoms with Gasteiger partial charge in [-0.2, -0.15) is 0 Å². The molecule has 0 bridgehead atoms. The Hall–Kier alpha value is -0.910. The van der Waals surface area contributed by atoms with Crippen molar-refractivity contribution in [2.45, 2.75) is 28.6 Å². The smallest absolute Gasteiger partial charge is 0.154 e. The molecule has 0 aliphatic heterocycles. The van der Waals surface area contributed by atoms with E-state index in [1.165, 1.54) is 0 Å². The predicted molar refractivity (Wildman–Crippen MR) is 67.7 cm³/mol. The number of rotatable bonds is 4. The molecule has 2 N–H and O–H groups in total. The highest BCUT2D eigenvalue weighted by atomic mass is 32.2. The fourth-order valence-electron chi connectivity index (χ4n) is 1.24. The van der Waals surface area contributed by atoms with E-state index in [0.717, 1.165) is 21.3 Å².